The van der Waals surface area contributed by atoms with Crippen LogP contribution in [-0.2, 0) is 9.53 Å². The molecule has 19 heavy (non-hydrogen) atoms. The number of carbonyl (C=O) groups is 2. The van der Waals surface area contributed by atoms with Gasteiger partial charge in [-0.15, -0.1) is 0 Å². The van der Waals surface area contributed by atoms with Gasteiger partial charge in [-0.2, -0.15) is 0 Å². The van der Waals surface area contributed by atoms with Gasteiger partial charge in [-0.1, -0.05) is 19.3 Å². The minimum Gasteiger partial charge on any atom is -0.481 e. The van der Waals surface area contributed by atoms with E-state index in [1.165, 1.54) is 4.90 Å². The molecule has 0 radical (unpaired) electrons. The highest BCUT2D eigenvalue weighted by Gasteiger charge is 2.41. The number of nitrogens with zero attached hydrogens (tertiary/aromatic N) is 1. The van der Waals surface area contributed by atoms with Gasteiger partial charge in [0.1, 0.15) is 5.60 Å². The van der Waals surface area contributed by atoms with Crippen molar-refractivity contribution in [2.75, 3.05) is 7.05 Å². The van der Waals surface area contributed by atoms with Crippen molar-refractivity contribution >= 4 is 12.1 Å². The predicted molar refractivity (Wildman–Crippen MR) is 72.1 cm³/mol. The molecular weight excluding hydrogens is 246 g/mol. The summed E-state index contributed by atoms with van der Waals surface area (Å²) in [5.74, 6) is -0.864. The molecule has 1 aliphatic carbocycles. The van der Waals surface area contributed by atoms with E-state index in [0.717, 1.165) is 32.1 Å². The maximum atomic E-state index is 12.2. The standard InChI is InChI=1S/C14H25NO4/c1-13(2,3)19-12(18)15(4)14(10-11(16)17)8-6-5-7-9-14/h5-10H2,1-4H3,(H,16,17). The van der Waals surface area contributed by atoms with Crippen molar-refractivity contribution in [1.29, 1.82) is 0 Å². The quantitative estimate of drug-likeness (QED) is 0.856. The van der Waals surface area contributed by atoms with Gasteiger partial charge >= 0.3 is 12.1 Å². The van der Waals surface area contributed by atoms with Gasteiger partial charge in [0.2, 0.25) is 0 Å². The van der Waals surface area contributed by atoms with Crippen molar-refractivity contribution < 1.29 is 19.4 Å². The minimum absolute atomic E-state index is 0.0112. The topological polar surface area (TPSA) is 66.8 Å². The first kappa shape index (κ1) is 15.8. The van der Waals surface area contributed by atoms with Gasteiger partial charge in [0.05, 0.1) is 12.0 Å². The van der Waals surface area contributed by atoms with Crippen molar-refractivity contribution in [3.8, 4) is 0 Å². The maximum absolute atomic E-state index is 12.2. The summed E-state index contributed by atoms with van der Waals surface area (Å²) in [6.07, 6.45) is 4.03. The van der Waals surface area contributed by atoms with E-state index in [1.54, 1.807) is 7.05 Å². The molecule has 0 aromatic heterocycles. The summed E-state index contributed by atoms with van der Waals surface area (Å²) < 4.78 is 5.35. The van der Waals surface area contributed by atoms with Crippen molar-refractivity contribution in [2.45, 2.75) is 70.4 Å². The highest BCUT2D eigenvalue weighted by molar-refractivity contribution is 5.73. The largest absolute Gasteiger partial charge is 0.481 e. The van der Waals surface area contributed by atoms with Crippen LogP contribution < -0.4 is 0 Å². The molecule has 1 aliphatic rings. The van der Waals surface area contributed by atoms with Crippen LogP contribution in [0.5, 0.6) is 0 Å². The number of rotatable bonds is 3. The van der Waals surface area contributed by atoms with Crippen LogP contribution in [0.1, 0.15) is 59.3 Å². The SMILES string of the molecule is CN(C(=O)OC(C)(C)C)C1(CC(=O)O)CCCCC1. The number of carboxylic acid groups (broad SMARTS) is 1. The zero-order valence-electron chi connectivity index (χ0n) is 12.4. The van der Waals surface area contributed by atoms with Crippen LogP contribution in [0.2, 0.25) is 0 Å². The first-order chi connectivity index (χ1) is 8.66. The molecule has 110 valence electrons. The molecule has 0 unspecified atom stereocenters. The van der Waals surface area contributed by atoms with Gasteiger partial charge in [-0.05, 0) is 33.6 Å². The number of aliphatic carboxylic acids is 1. The zero-order chi connectivity index (χ0) is 14.7. The van der Waals surface area contributed by atoms with Crippen molar-refractivity contribution in [1.82, 2.24) is 4.90 Å². The Hall–Kier alpha value is -1.26. The van der Waals surface area contributed by atoms with Crippen LogP contribution in [0.3, 0.4) is 0 Å². The number of hydrogen-bond acceptors (Lipinski definition) is 3. The van der Waals surface area contributed by atoms with Gasteiger partial charge in [-0.25, -0.2) is 4.79 Å². The number of carbonyl (C=O) groups excluding carboxylic acids is 1. The molecule has 0 aromatic carbocycles. The number of ether oxygens (including phenoxy) is 1. The number of hydrogen-bond donors (Lipinski definition) is 1. The molecule has 0 spiro atoms. The first-order valence-electron chi connectivity index (χ1n) is 6.85. The summed E-state index contributed by atoms with van der Waals surface area (Å²) >= 11 is 0. The van der Waals surface area contributed by atoms with Crippen LogP contribution in [0.15, 0.2) is 0 Å². The fourth-order valence-corrected chi connectivity index (χ4v) is 2.65. The van der Waals surface area contributed by atoms with Crippen molar-refractivity contribution in [3.05, 3.63) is 0 Å². The average Bonchev–Trinajstić information content (AvgIpc) is 2.26. The van der Waals surface area contributed by atoms with Crippen LogP contribution in [0.25, 0.3) is 0 Å². The third-order valence-corrected chi connectivity index (χ3v) is 3.64. The van der Waals surface area contributed by atoms with E-state index in [0.29, 0.717) is 0 Å². The fourth-order valence-electron chi connectivity index (χ4n) is 2.65. The highest BCUT2D eigenvalue weighted by atomic mass is 16.6. The van der Waals surface area contributed by atoms with Gasteiger partial charge < -0.3 is 14.7 Å². The normalized spacial score (nSPS) is 18.7. The van der Waals surface area contributed by atoms with Crippen molar-refractivity contribution in [2.24, 2.45) is 0 Å². The summed E-state index contributed by atoms with van der Waals surface area (Å²) in [5.41, 5.74) is -1.16. The Labute approximate surface area is 114 Å². The molecule has 0 bridgehead atoms. The molecule has 5 nitrogen and oxygen atoms in total. The molecule has 0 aliphatic heterocycles. The summed E-state index contributed by atoms with van der Waals surface area (Å²) in [6.45, 7) is 5.43. The highest BCUT2D eigenvalue weighted by Crippen LogP contribution is 2.36. The summed E-state index contributed by atoms with van der Waals surface area (Å²) in [4.78, 5) is 24.8. The van der Waals surface area contributed by atoms with E-state index in [1.807, 2.05) is 20.8 Å². The predicted octanol–water partition coefficient (Wildman–Crippen LogP) is 3.03. The average molecular weight is 271 g/mol. The Kier molecular flexibility index (Phi) is 4.82. The molecule has 1 rings (SSSR count). The fraction of sp³-hybridized carbons (Fsp3) is 0.857. The van der Waals surface area contributed by atoms with Gasteiger partial charge in [0, 0.05) is 7.05 Å². The minimum atomic E-state index is -0.864. The van der Waals surface area contributed by atoms with Gasteiger partial charge in [-0.3, -0.25) is 4.79 Å². The number of amides is 1. The molecule has 0 heterocycles. The molecule has 1 saturated carbocycles. The Bertz CT molecular complexity index is 340. The maximum Gasteiger partial charge on any atom is 0.410 e. The Balaban J connectivity index is 2.84. The molecule has 1 N–H and O–H groups in total. The van der Waals surface area contributed by atoms with E-state index in [-0.39, 0.29) is 6.42 Å². The lowest BCUT2D eigenvalue weighted by atomic mass is 9.78. The Morgan fingerprint density at radius 2 is 1.74 bits per heavy atom. The summed E-state index contributed by atoms with van der Waals surface area (Å²) in [6, 6.07) is 0. The Morgan fingerprint density at radius 1 is 1.21 bits per heavy atom. The Morgan fingerprint density at radius 3 is 2.16 bits per heavy atom. The molecular formula is C14H25NO4. The van der Waals surface area contributed by atoms with Crippen LogP contribution in [0, 0.1) is 0 Å². The second kappa shape index (κ2) is 5.80. The van der Waals surface area contributed by atoms with E-state index in [2.05, 4.69) is 0 Å². The monoisotopic (exact) mass is 271 g/mol. The lowest BCUT2D eigenvalue weighted by molar-refractivity contribution is -0.140. The molecule has 0 saturated heterocycles. The molecule has 1 fully saturated rings. The second-order valence-electron chi connectivity index (χ2n) is 6.39. The van der Waals surface area contributed by atoms with Crippen molar-refractivity contribution in [3.63, 3.8) is 0 Å². The third kappa shape index (κ3) is 4.40. The summed E-state index contributed by atoms with van der Waals surface area (Å²) in [7, 11) is 1.66. The number of carboxylic acids is 1. The van der Waals surface area contributed by atoms with E-state index >= 15 is 0 Å². The van der Waals surface area contributed by atoms with Gasteiger partial charge in [0.15, 0.2) is 0 Å². The smallest absolute Gasteiger partial charge is 0.410 e. The lowest BCUT2D eigenvalue weighted by Crippen LogP contribution is -2.53. The van der Waals surface area contributed by atoms with Crippen LogP contribution in [-0.4, -0.2) is 40.3 Å². The molecule has 0 aromatic rings. The molecule has 0 atom stereocenters. The summed E-state index contributed by atoms with van der Waals surface area (Å²) in [5, 5.41) is 9.12. The molecule has 1 amide bonds. The van der Waals surface area contributed by atoms with E-state index < -0.39 is 23.2 Å². The van der Waals surface area contributed by atoms with Gasteiger partial charge in [0.25, 0.3) is 0 Å². The zero-order valence-corrected chi connectivity index (χ0v) is 12.4. The van der Waals surface area contributed by atoms with E-state index in [4.69, 9.17) is 9.84 Å². The van der Waals surface area contributed by atoms with Crippen LogP contribution in [0.4, 0.5) is 4.79 Å². The molecule has 5 heteroatoms. The lowest BCUT2D eigenvalue weighted by Gasteiger charge is -2.43. The van der Waals surface area contributed by atoms with Crippen LogP contribution >= 0.6 is 0 Å². The first-order valence-corrected chi connectivity index (χ1v) is 6.85. The third-order valence-electron chi connectivity index (χ3n) is 3.64. The second-order valence-corrected chi connectivity index (χ2v) is 6.39. The van der Waals surface area contributed by atoms with E-state index in [9.17, 15) is 9.59 Å².